The fourth-order valence-corrected chi connectivity index (χ4v) is 1.66. The predicted molar refractivity (Wildman–Crippen MR) is 65.7 cm³/mol. The van der Waals surface area contributed by atoms with Crippen LogP contribution in [0.3, 0.4) is 0 Å². The topological polar surface area (TPSA) is 60.7 Å². The summed E-state index contributed by atoms with van der Waals surface area (Å²) < 4.78 is 0. The number of aliphatic hydroxyl groups is 3. The largest absolute Gasteiger partial charge is 0.344 e. The average Bonchev–Trinajstić information content (AvgIpc) is 2.10. The number of allylic oxidation sites excluding steroid dienone is 2. The number of unbranched alkanes of at least 4 members (excludes halogenated alkanes) is 1. The van der Waals surface area contributed by atoms with E-state index in [1.807, 2.05) is 0 Å². The molecule has 0 saturated heterocycles. The minimum atomic E-state index is -2.48. The first-order chi connectivity index (χ1) is 7.31. The second kappa shape index (κ2) is 7.82. The zero-order valence-corrected chi connectivity index (χ0v) is 10.7. The SMILES string of the molecule is CC(C)=CCC[C@H](C)CCCCC(O)(O)O. The summed E-state index contributed by atoms with van der Waals surface area (Å²) in [4.78, 5) is 0. The Morgan fingerprint density at radius 2 is 1.75 bits per heavy atom. The third-order valence-electron chi connectivity index (χ3n) is 2.67. The number of rotatable bonds is 8. The maximum atomic E-state index is 8.69. The van der Waals surface area contributed by atoms with E-state index < -0.39 is 5.97 Å². The summed E-state index contributed by atoms with van der Waals surface area (Å²) in [5.41, 5.74) is 1.36. The van der Waals surface area contributed by atoms with Gasteiger partial charge in [-0.3, -0.25) is 0 Å². The van der Waals surface area contributed by atoms with Crippen LogP contribution >= 0.6 is 0 Å². The van der Waals surface area contributed by atoms with Crippen molar-refractivity contribution in [3.05, 3.63) is 11.6 Å². The van der Waals surface area contributed by atoms with Crippen molar-refractivity contribution in [1.82, 2.24) is 0 Å². The highest BCUT2D eigenvalue weighted by molar-refractivity contribution is 4.92. The zero-order valence-electron chi connectivity index (χ0n) is 10.7. The van der Waals surface area contributed by atoms with Gasteiger partial charge in [0.1, 0.15) is 0 Å². The summed E-state index contributed by atoms with van der Waals surface area (Å²) in [5, 5.41) is 26.1. The molecule has 0 aromatic rings. The van der Waals surface area contributed by atoms with Crippen molar-refractivity contribution in [2.75, 3.05) is 0 Å². The van der Waals surface area contributed by atoms with Gasteiger partial charge in [-0.15, -0.1) is 0 Å². The Labute approximate surface area is 98.8 Å². The van der Waals surface area contributed by atoms with E-state index in [0.717, 1.165) is 19.3 Å². The molecule has 0 aromatic carbocycles. The fraction of sp³-hybridized carbons (Fsp3) is 0.846. The second-order valence-electron chi connectivity index (χ2n) is 4.98. The first-order valence-electron chi connectivity index (χ1n) is 6.12. The molecule has 0 aliphatic carbocycles. The van der Waals surface area contributed by atoms with Crippen LogP contribution in [-0.2, 0) is 0 Å². The Morgan fingerprint density at radius 1 is 1.12 bits per heavy atom. The molecule has 0 heterocycles. The molecule has 0 unspecified atom stereocenters. The highest BCUT2D eigenvalue weighted by Gasteiger charge is 2.16. The molecule has 3 nitrogen and oxygen atoms in total. The molecule has 3 heteroatoms. The Morgan fingerprint density at radius 3 is 2.25 bits per heavy atom. The van der Waals surface area contributed by atoms with Crippen LogP contribution in [0, 0.1) is 5.92 Å². The fourth-order valence-electron chi connectivity index (χ4n) is 1.66. The van der Waals surface area contributed by atoms with Crippen LogP contribution in [0.25, 0.3) is 0 Å². The Balaban J connectivity index is 3.44. The monoisotopic (exact) mass is 230 g/mol. The molecule has 3 N–H and O–H groups in total. The van der Waals surface area contributed by atoms with Crippen LogP contribution in [0.15, 0.2) is 11.6 Å². The molecule has 0 rings (SSSR count). The smallest absolute Gasteiger partial charge is 0.275 e. The Hall–Kier alpha value is -0.380. The summed E-state index contributed by atoms with van der Waals surface area (Å²) in [5.74, 6) is -1.83. The van der Waals surface area contributed by atoms with Gasteiger partial charge in [-0.1, -0.05) is 31.4 Å². The molecule has 0 aliphatic heterocycles. The van der Waals surface area contributed by atoms with Crippen LogP contribution in [0.4, 0.5) is 0 Å². The van der Waals surface area contributed by atoms with E-state index >= 15 is 0 Å². The van der Waals surface area contributed by atoms with Crippen molar-refractivity contribution in [1.29, 1.82) is 0 Å². The lowest BCUT2D eigenvalue weighted by Crippen LogP contribution is -2.26. The van der Waals surface area contributed by atoms with Crippen molar-refractivity contribution in [2.24, 2.45) is 5.92 Å². The van der Waals surface area contributed by atoms with Gasteiger partial charge >= 0.3 is 0 Å². The van der Waals surface area contributed by atoms with Crippen LogP contribution in [0.1, 0.15) is 59.3 Å². The molecule has 1 atom stereocenters. The van der Waals surface area contributed by atoms with E-state index in [9.17, 15) is 0 Å². The zero-order chi connectivity index (χ0) is 12.6. The molecular formula is C13H26O3. The van der Waals surface area contributed by atoms with Gasteiger partial charge in [0.05, 0.1) is 0 Å². The first-order valence-corrected chi connectivity index (χ1v) is 6.12. The average molecular weight is 230 g/mol. The molecule has 96 valence electrons. The van der Waals surface area contributed by atoms with Crippen LogP contribution in [-0.4, -0.2) is 21.3 Å². The highest BCUT2D eigenvalue weighted by Crippen LogP contribution is 2.17. The van der Waals surface area contributed by atoms with E-state index in [0.29, 0.717) is 12.3 Å². The summed E-state index contributed by atoms with van der Waals surface area (Å²) >= 11 is 0. The van der Waals surface area contributed by atoms with Gasteiger partial charge in [0.25, 0.3) is 5.97 Å². The Bertz CT molecular complexity index is 200. The molecule has 0 spiro atoms. The highest BCUT2D eigenvalue weighted by atomic mass is 16.7. The molecule has 0 bridgehead atoms. The van der Waals surface area contributed by atoms with Crippen LogP contribution < -0.4 is 0 Å². The first kappa shape index (κ1) is 15.6. The van der Waals surface area contributed by atoms with Crippen molar-refractivity contribution < 1.29 is 15.3 Å². The third kappa shape index (κ3) is 11.7. The molecule has 0 amide bonds. The summed E-state index contributed by atoms with van der Waals surface area (Å²) in [7, 11) is 0. The van der Waals surface area contributed by atoms with Gasteiger partial charge in [0.15, 0.2) is 0 Å². The summed E-state index contributed by atoms with van der Waals surface area (Å²) in [6.45, 7) is 6.42. The van der Waals surface area contributed by atoms with Crippen LogP contribution in [0.5, 0.6) is 0 Å². The molecule has 0 radical (unpaired) electrons. The van der Waals surface area contributed by atoms with E-state index in [2.05, 4.69) is 26.8 Å². The normalized spacial score (nSPS) is 13.6. The van der Waals surface area contributed by atoms with E-state index in [1.165, 1.54) is 12.0 Å². The van der Waals surface area contributed by atoms with E-state index in [-0.39, 0.29) is 6.42 Å². The van der Waals surface area contributed by atoms with Crippen molar-refractivity contribution in [2.45, 2.75) is 65.3 Å². The van der Waals surface area contributed by atoms with E-state index in [1.54, 1.807) is 0 Å². The lowest BCUT2D eigenvalue weighted by Gasteiger charge is -2.14. The lowest BCUT2D eigenvalue weighted by atomic mass is 9.97. The molecule has 0 saturated carbocycles. The minimum absolute atomic E-state index is 0.0354. The van der Waals surface area contributed by atoms with Gasteiger partial charge in [-0.2, -0.15) is 0 Å². The minimum Gasteiger partial charge on any atom is -0.344 e. The van der Waals surface area contributed by atoms with Crippen molar-refractivity contribution in [3.8, 4) is 0 Å². The summed E-state index contributed by atoms with van der Waals surface area (Å²) in [6, 6.07) is 0. The van der Waals surface area contributed by atoms with Crippen LogP contribution in [0.2, 0.25) is 0 Å². The lowest BCUT2D eigenvalue weighted by molar-refractivity contribution is -0.315. The predicted octanol–water partition coefficient (Wildman–Crippen LogP) is 2.56. The van der Waals surface area contributed by atoms with E-state index in [4.69, 9.17) is 15.3 Å². The third-order valence-corrected chi connectivity index (χ3v) is 2.67. The van der Waals surface area contributed by atoms with Crippen molar-refractivity contribution >= 4 is 0 Å². The molecule has 0 aliphatic rings. The standard InChI is InChI=1S/C13H26O3/c1-11(2)7-6-9-12(3)8-4-5-10-13(14,15)16/h7,12,14-16H,4-6,8-10H2,1-3H3/t12-/m1/s1. The number of hydrogen-bond donors (Lipinski definition) is 3. The molecule has 0 fully saturated rings. The van der Waals surface area contributed by atoms with Crippen molar-refractivity contribution in [3.63, 3.8) is 0 Å². The quantitative estimate of drug-likeness (QED) is 0.341. The molecular weight excluding hydrogens is 204 g/mol. The van der Waals surface area contributed by atoms with Gasteiger partial charge in [-0.05, 0) is 39.0 Å². The van der Waals surface area contributed by atoms with Gasteiger partial charge in [0, 0.05) is 6.42 Å². The maximum absolute atomic E-state index is 8.69. The molecule has 0 aromatic heterocycles. The number of hydrogen-bond acceptors (Lipinski definition) is 3. The van der Waals surface area contributed by atoms with Gasteiger partial charge in [0.2, 0.25) is 0 Å². The molecule has 16 heavy (non-hydrogen) atoms. The van der Waals surface area contributed by atoms with Gasteiger partial charge < -0.3 is 15.3 Å². The second-order valence-corrected chi connectivity index (χ2v) is 4.98. The maximum Gasteiger partial charge on any atom is 0.275 e. The summed E-state index contributed by atoms with van der Waals surface area (Å²) in [6.07, 6.45) is 7.23. The van der Waals surface area contributed by atoms with Gasteiger partial charge in [-0.25, -0.2) is 0 Å². The Kier molecular flexibility index (Phi) is 7.64.